The Morgan fingerprint density at radius 2 is 2.32 bits per heavy atom. The molecule has 2 aromatic rings. The summed E-state index contributed by atoms with van der Waals surface area (Å²) in [4.78, 5) is 21.5. The molecule has 5 nitrogen and oxygen atoms in total. The Kier molecular flexibility index (Phi) is 3.48. The minimum atomic E-state index is 0.201. The van der Waals surface area contributed by atoms with Crippen molar-refractivity contribution in [2.24, 2.45) is 5.92 Å². The van der Waals surface area contributed by atoms with Crippen LogP contribution in [0.25, 0.3) is 0 Å². The molecule has 6 heteroatoms. The summed E-state index contributed by atoms with van der Waals surface area (Å²) < 4.78 is 1.90. The lowest BCUT2D eigenvalue weighted by atomic mass is 10.1. The van der Waals surface area contributed by atoms with E-state index >= 15 is 0 Å². The van der Waals surface area contributed by atoms with E-state index in [1.165, 1.54) is 9.75 Å². The first kappa shape index (κ1) is 13.9. The van der Waals surface area contributed by atoms with Gasteiger partial charge >= 0.3 is 0 Å². The molecule has 1 amide bonds. The van der Waals surface area contributed by atoms with E-state index in [1.54, 1.807) is 12.7 Å². The van der Waals surface area contributed by atoms with Crippen molar-refractivity contribution < 1.29 is 4.79 Å². The Morgan fingerprint density at radius 1 is 1.41 bits per heavy atom. The van der Waals surface area contributed by atoms with Crippen molar-refractivity contribution in [3.05, 3.63) is 34.5 Å². The van der Waals surface area contributed by atoms with Crippen LogP contribution in [-0.4, -0.2) is 38.7 Å². The number of nitrogens with zero attached hydrogens (tertiary/aromatic N) is 4. The number of amides is 1. The third-order valence-electron chi connectivity index (χ3n) is 4.75. The summed E-state index contributed by atoms with van der Waals surface area (Å²) in [6.45, 7) is 3.78. The van der Waals surface area contributed by atoms with Crippen LogP contribution < -0.4 is 0 Å². The standard InChI is InChI=1S/C16H20N4OS/c1-11-4-5-15(22-11)13-7-14(13)16(21)19-6-2-3-12(8-19)20-10-17-9-18-20/h4-5,9-10,12-14H,2-3,6-8H2,1H3. The Morgan fingerprint density at radius 3 is 3.05 bits per heavy atom. The number of piperidine rings is 1. The van der Waals surface area contributed by atoms with E-state index in [0.717, 1.165) is 32.4 Å². The molecule has 0 aromatic carbocycles. The predicted octanol–water partition coefficient (Wildman–Crippen LogP) is 2.62. The zero-order chi connectivity index (χ0) is 15.1. The summed E-state index contributed by atoms with van der Waals surface area (Å²) >= 11 is 1.83. The van der Waals surface area contributed by atoms with Gasteiger partial charge in [-0.15, -0.1) is 11.3 Å². The molecule has 116 valence electrons. The fourth-order valence-electron chi connectivity index (χ4n) is 3.45. The third kappa shape index (κ3) is 2.56. The van der Waals surface area contributed by atoms with Crippen molar-refractivity contribution in [2.75, 3.05) is 13.1 Å². The minimum Gasteiger partial charge on any atom is -0.340 e. The molecule has 0 spiro atoms. The van der Waals surface area contributed by atoms with Gasteiger partial charge in [0.15, 0.2) is 0 Å². The number of thiophene rings is 1. The average molecular weight is 316 g/mol. The number of likely N-dealkylation sites (tertiary alicyclic amines) is 1. The van der Waals surface area contributed by atoms with Gasteiger partial charge in [-0.25, -0.2) is 9.67 Å². The van der Waals surface area contributed by atoms with E-state index in [-0.39, 0.29) is 12.0 Å². The summed E-state index contributed by atoms with van der Waals surface area (Å²) in [5.74, 6) is 0.992. The molecule has 1 aliphatic carbocycles. The number of carbonyl (C=O) groups is 1. The molecular formula is C16H20N4OS. The molecule has 0 radical (unpaired) electrons. The van der Waals surface area contributed by atoms with Crippen LogP contribution >= 0.6 is 11.3 Å². The molecular weight excluding hydrogens is 296 g/mol. The van der Waals surface area contributed by atoms with E-state index in [4.69, 9.17) is 0 Å². The van der Waals surface area contributed by atoms with Crippen LogP contribution in [0.3, 0.4) is 0 Å². The van der Waals surface area contributed by atoms with Crippen molar-refractivity contribution >= 4 is 17.2 Å². The minimum absolute atomic E-state index is 0.201. The Balaban J connectivity index is 1.41. The average Bonchev–Trinajstić information content (AvgIpc) is 2.95. The quantitative estimate of drug-likeness (QED) is 0.874. The largest absolute Gasteiger partial charge is 0.340 e. The number of carbonyl (C=O) groups excluding carboxylic acids is 1. The van der Waals surface area contributed by atoms with Crippen LogP contribution in [0.5, 0.6) is 0 Å². The smallest absolute Gasteiger partial charge is 0.226 e. The van der Waals surface area contributed by atoms with E-state index in [9.17, 15) is 4.79 Å². The molecule has 3 heterocycles. The zero-order valence-corrected chi connectivity index (χ0v) is 13.5. The predicted molar refractivity (Wildman–Crippen MR) is 84.8 cm³/mol. The van der Waals surface area contributed by atoms with Crippen LogP contribution in [0.1, 0.15) is 41.0 Å². The monoisotopic (exact) mass is 316 g/mol. The zero-order valence-electron chi connectivity index (χ0n) is 12.7. The van der Waals surface area contributed by atoms with Gasteiger partial charge < -0.3 is 4.90 Å². The first-order valence-corrected chi connectivity index (χ1v) is 8.73. The summed E-state index contributed by atoms with van der Waals surface area (Å²) in [5.41, 5.74) is 0. The first-order chi connectivity index (χ1) is 10.7. The lowest BCUT2D eigenvalue weighted by Gasteiger charge is -2.32. The molecule has 3 atom stereocenters. The van der Waals surface area contributed by atoms with Gasteiger partial charge in [-0.05, 0) is 38.3 Å². The molecule has 1 aliphatic heterocycles. The molecule has 22 heavy (non-hydrogen) atoms. The van der Waals surface area contributed by atoms with Crippen LogP contribution in [0.15, 0.2) is 24.8 Å². The summed E-state index contributed by atoms with van der Waals surface area (Å²) in [6.07, 6.45) is 6.46. The molecule has 1 saturated carbocycles. The number of hydrogen-bond acceptors (Lipinski definition) is 4. The van der Waals surface area contributed by atoms with Crippen molar-refractivity contribution in [1.29, 1.82) is 0 Å². The maximum Gasteiger partial charge on any atom is 0.226 e. The second kappa shape index (κ2) is 5.50. The lowest BCUT2D eigenvalue weighted by molar-refractivity contribution is -0.134. The van der Waals surface area contributed by atoms with Gasteiger partial charge in [0, 0.05) is 34.7 Å². The second-order valence-electron chi connectivity index (χ2n) is 6.35. The van der Waals surface area contributed by atoms with Crippen molar-refractivity contribution in [1.82, 2.24) is 19.7 Å². The van der Waals surface area contributed by atoms with Gasteiger partial charge in [0.05, 0.1) is 6.04 Å². The summed E-state index contributed by atoms with van der Waals surface area (Å²) in [5, 5.41) is 4.23. The van der Waals surface area contributed by atoms with Crippen molar-refractivity contribution in [3.63, 3.8) is 0 Å². The van der Waals surface area contributed by atoms with Gasteiger partial charge in [0.25, 0.3) is 0 Å². The van der Waals surface area contributed by atoms with Crippen LogP contribution in [-0.2, 0) is 4.79 Å². The molecule has 0 N–H and O–H groups in total. The molecule has 0 bridgehead atoms. The van der Waals surface area contributed by atoms with Gasteiger partial charge in [0.2, 0.25) is 5.91 Å². The highest BCUT2D eigenvalue weighted by atomic mass is 32.1. The topological polar surface area (TPSA) is 51.0 Å². The third-order valence-corrected chi connectivity index (χ3v) is 5.89. The summed E-state index contributed by atoms with van der Waals surface area (Å²) in [7, 11) is 0. The Labute approximate surface area is 134 Å². The van der Waals surface area contributed by atoms with Gasteiger partial charge in [-0.3, -0.25) is 4.79 Å². The molecule has 2 aromatic heterocycles. The fraction of sp³-hybridized carbons (Fsp3) is 0.562. The van der Waals surface area contributed by atoms with Crippen LogP contribution in [0.4, 0.5) is 0 Å². The Bertz CT molecular complexity index is 666. The SMILES string of the molecule is Cc1ccc(C2CC2C(=O)N2CCCC(n3cncn3)C2)s1. The molecule has 3 unspecified atom stereocenters. The number of rotatable bonds is 3. The Hall–Kier alpha value is -1.69. The van der Waals surface area contributed by atoms with Crippen molar-refractivity contribution in [3.8, 4) is 0 Å². The molecule has 1 saturated heterocycles. The molecule has 2 fully saturated rings. The molecule has 4 rings (SSSR count). The lowest BCUT2D eigenvalue weighted by Crippen LogP contribution is -2.41. The van der Waals surface area contributed by atoms with E-state index in [1.807, 2.05) is 20.9 Å². The maximum atomic E-state index is 12.8. The number of aryl methyl sites for hydroxylation is 1. The van der Waals surface area contributed by atoms with Crippen LogP contribution in [0.2, 0.25) is 0 Å². The second-order valence-corrected chi connectivity index (χ2v) is 7.67. The maximum absolute atomic E-state index is 12.8. The fourth-order valence-corrected chi connectivity index (χ4v) is 4.50. The number of aromatic nitrogens is 3. The highest BCUT2D eigenvalue weighted by Crippen LogP contribution is 2.50. The van der Waals surface area contributed by atoms with Gasteiger partial charge in [-0.2, -0.15) is 5.10 Å². The first-order valence-electron chi connectivity index (χ1n) is 7.91. The molecule has 2 aliphatic rings. The van der Waals surface area contributed by atoms with Gasteiger partial charge in [-0.1, -0.05) is 0 Å². The van der Waals surface area contributed by atoms with Crippen molar-refractivity contribution in [2.45, 2.75) is 38.1 Å². The van der Waals surface area contributed by atoms with E-state index in [0.29, 0.717) is 11.8 Å². The van der Waals surface area contributed by atoms with E-state index < -0.39 is 0 Å². The summed E-state index contributed by atoms with van der Waals surface area (Å²) in [6, 6.07) is 4.62. The van der Waals surface area contributed by atoms with E-state index in [2.05, 4.69) is 29.1 Å². The van der Waals surface area contributed by atoms with Gasteiger partial charge in [0.1, 0.15) is 12.7 Å². The highest BCUT2D eigenvalue weighted by Gasteiger charge is 2.47. The highest BCUT2D eigenvalue weighted by molar-refractivity contribution is 7.12. The number of hydrogen-bond donors (Lipinski definition) is 0. The normalized spacial score (nSPS) is 27.9. The van der Waals surface area contributed by atoms with Crippen LogP contribution in [0, 0.1) is 12.8 Å².